The van der Waals surface area contributed by atoms with Crippen LogP contribution in [0.4, 0.5) is 11.4 Å². The number of hydrogen-bond acceptors (Lipinski definition) is 6. The van der Waals surface area contributed by atoms with Gasteiger partial charge in [0.2, 0.25) is 0 Å². The monoisotopic (exact) mass is 323 g/mol. The lowest BCUT2D eigenvalue weighted by Gasteiger charge is -2.13. The van der Waals surface area contributed by atoms with Crippen LogP contribution in [0.3, 0.4) is 0 Å². The molecule has 1 aromatic rings. The van der Waals surface area contributed by atoms with Crippen LogP contribution in [0.1, 0.15) is 37.0 Å². The van der Waals surface area contributed by atoms with E-state index in [2.05, 4.69) is 10.6 Å². The number of nitrogens with one attached hydrogen (secondary N) is 2. The fraction of sp³-hybridized carbons (Fsp3) is 0.467. The molecular formula is C15H21N3O5. The molecule has 1 aromatic carbocycles. The van der Waals surface area contributed by atoms with Crippen molar-refractivity contribution >= 4 is 23.3 Å². The molecule has 0 fully saturated rings. The van der Waals surface area contributed by atoms with E-state index < -0.39 is 23.4 Å². The SMILES string of the molecule is CCC[C@H](C)NC(=O)COC(=O)c1cc([N+](=O)[O-])ccc1NC. The normalized spacial score (nSPS) is 11.4. The minimum atomic E-state index is -0.795. The summed E-state index contributed by atoms with van der Waals surface area (Å²) in [5, 5.41) is 16.3. The van der Waals surface area contributed by atoms with E-state index in [0.29, 0.717) is 5.69 Å². The van der Waals surface area contributed by atoms with Gasteiger partial charge in [0.15, 0.2) is 6.61 Å². The Bertz CT molecular complexity index is 588. The number of nitro benzene ring substituents is 1. The Hall–Kier alpha value is -2.64. The summed E-state index contributed by atoms with van der Waals surface area (Å²) in [4.78, 5) is 33.9. The maximum Gasteiger partial charge on any atom is 0.341 e. The second kappa shape index (κ2) is 8.72. The molecule has 8 nitrogen and oxygen atoms in total. The summed E-state index contributed by atoms with van der Waals surface area (Å²) in [7, 11) is 1.58. The van der Waals surface area contributed by atoms with Crippen LogP contribution in [-0.2, 0) is 9.53 Å². The van der Waals surface area contributed by atoms with Crippen LogP contribution >= 0.6 is 0 Å². The maximum atomic E-state index is 12.1. The molecule has 0 unspecified atom stereocenters. The van der Waals surface area contributed by atoms with Crippen LogP contribution in [0.25, 0.3) is 0 Å². The summed E-state index contributed by atoms with van der Waals surface area (Å²) in [5.74, 6) is -1.20. The molecular weight excluding hydrogens is 302 g/mol. The molecule has 0 saturated heterocycles. The number of carbonyl (C=O) groups excluding carboxylic acids is 2. The van der Waals surface area contributed by atoms with Gasteiger partial charge in [-0.15, -0.1) is 0 Å². The van der Waals surface area contributed by atoms with Gasteiger partial charge < -0.3 is 15.4 Å². The second-order valence-corrected chi connectivity index (χ2v) is 5.07. The molecule has 1 rings (SSSR count). The fourth-order valence-corrected chi connectivity index (χ4v) is 2.06. The molecule has 0 saturated carbocycles. The first-order valence-electron chi connectivity index (χ1n) is 7.31. The second-order valence-electron chi connectivity index (χ2n) is 5.07. The molecule has 0 bridgehead atoms. The molecule has 0 spiro atoms. The van der Waals surface area contributed by atoms with Gasteiger partial charge in [-0.25, -0.2) is 4.79 Å². The van der Waals surface area contributed by atoms with E-state index in [-0.39, 0.29) is 17.3 Å². The Morgan fingerprint density at radius 3 is 2.65 bits per heavy atom. The van der Waals surface area contributed by atoms with Crippen molar-refractivity contribution in [3.8, 4) is 0 Å². The number of hydrogen-bond donors (Lipinski definition) is 2. The maximum absolute atomic E-state index is 12.1. The molecule has 0 heterocycles. The van der Waals surface area contributed by atoms with Crippen LogP contribution in [0, 0.1) is 10.1 Å². The minimum absolute atomic E-state index is 0.00289. The predicted molar refractivity (Wildman–Crippen MR) is 85.4 cm³/mol. The van der Waals surface area contributed by atoms with E-state index in [9.17, 15) is 19.7 Å². The summed E-state index contributed by atoms with van der Waals surface area (Å²) < 4.78 is 4.93. The third-order valence-electron chi connectivity index (χ3n) is 3.17. The highest BCUT2D eigenvalue weighted by Gasteiger charge is 2.18. The van der Waals surface area contributed by atoms with Gasteiger partial charge in [-0.1, -0.05) is 13.3 Å². The Labute approximate surface area is 134 Å². The van der Waals surface area contributed by atoms with E-state index >= 15 is 0 Å². The summed E-state index contributed by atoms with van der Waals surface area (Å²) >= 11 is 0. The van der Waals surface area contributed by atoms with Crippen molar-refractivity contribution in [1.82, 2.24) is 5.32 Å². The van der Waals surface area contributed by atoms with Gasteiger partial charge in [0.25, 0.3) is 11.6 Å². The number of esters is 1. The quantitative estimate of drug-likeness (QED) is 0.430. The first-order valence-corrected chi connectivity index (χ1v) is 7.31. The minimum Gasteiger partial charge on any atom is -0.452 e. The average molecular weight is 323 g/mol. The number of benzene rings is 1. The number of ether oxygens (including phenoxy) is 1. The van der Waals surface area contributed by atoms with E-state index in [1.165, 1.54) is 12.1 Å². The first kappa shape index (κ1) is 18.4. The van der Waals surface area contributed by atoms with Crippen LogP contribution in [0.2, 0.25) is 0 Å². The van der Waals surface area contributed by atoms with Gasteiger partial charge in [0, 0.05) is 30.9 Å². The van der Waals surface area contributed by atoms with Crippen molar-refractivity contribution in [2.24, 2.45) is 0 Å². The standard InChI is InChI=1S/C15H21N3O5/c1-4-5-10(2)17-14(19)9-23-15(20)12-8-11(18(21)22)6-7-13(12)16-3/h6-8,10,16H,4-5,9H2,1-3H3,(H,17,19)/t10-/m0/s1. The molecule has 1 amide bonds. The zero-order chi connectivity index (χ0) is 17.4. The number of nitro groups is 1. The van der Waals surface area contributed by atoms with E-state index in [4.69, 9.17) is 4.74 Å². The highest BCUT2D eigenvalue weighted by molar-refractivity contribution is 5.97. The Kier molecular flexibility index (Phi) is 6.98. The van der Waals surface area contributed by atoms with Crippen molar-refractivity contribution in [2.45, 2.75) is 32.7 Å². The van der Waals surface area contributed by atoms with E-state index in [1.807, 2.05) is 13.8 Å². The Balaban J connectivity index is 2.72. The van der Waals surface area contributed by atoms with Crippen molar-refractivity contribution in [1.29, 1.82) is 0 Å². The molecule has 0 aromatic heterocycles. The summed E-state index contributed by atoms with van der Waals surface area (Å²) in [6.45, 7) is 3.44. The molecule has 8 heteroatoms. The van der Waals surface area contributed by atoms with Crippen LogP contribution in [0.5, 0.6) is 0 Å². The van der Waals surface area contributed by atoms with Gasteiger partial charge in [0.05, 0.1) is 10.5 Å². The smallest absolute Gasteiger partial charge is 0.341 e. The molecule has 1 atom stereocenters. The average Bonchev–Trinajstić information content (AvgIpc) is 2.52. The first-order chi connectivity index (χ1) is 10.9. The molecule has 0 radical (unpaired) electrons. The van der Waals surface area contributed by atoms with Crippen molar-refractivity contribution in [3.05, 3.63) is 33.9 Å². The molecule has 0 aliphatic rings. The van der Waals surface area contributed by atoms with E-state index in [0.717, 1.165) is 18.9 Å². The van der Waals surface area contributed by atoms with Crippen molar-refractivity contribution in [3.63, 3.8) is 0 Å². The van der Waals surface area contributed by atoms with Crippen molar-refractivity contribution < 1.29 is 19.2 Å². The van der Waals surface area contributed by atoms with E-state index in [1.54, 1.807) is 7.05 Å². The number of non-ortho nitro benzene ring substituents is 1. The number of carbonyl (C=O) groups is 2. The Morgan fingerprint density at radius 1 is 1.39 bits per heavy atom. The summed E-state index contributed by atoms with van der Waals surface area (Å²) in [6, 6.07) is 3.81. The molecule has 126 valence electrons. The van der Waals surface area contributed by atoms with Gasteiger partial charge in [-0.05, 0) is 19.4 Å². The van der Waals surface area contributed by atoms with Gasteiger partial charge in [0.1, 0.15) is 0 Å². The molecule has 23 heavy (non-hydrogen) atoms. The van der Waals surface area contributed by atoms with Crippen molar-refractivity contribution in [2.75, 3.05) is 19.0 Å². The third-order valence-corrected chi connectivity index (χ3v) is 3.17. The zero-order valence-corrected chi connectivity index (χ0v) is 13.4. The van der Waals surface area contributed by atoms with Crippen LogP contribution in [-0.4, -0.2) is 36.5 Å². The molecule has 2 N–H and O–H groups in total. The van der Waals surface area contributed by atoms with Crippen LogP contribution in [0.15, 0.2) is 18.2 Å². The summed E-state index contributed by atoms with van der Waals surface area (Å²) in [5.41, 5.74) is 0.174. The van der Waals surface area contributed by atoms with Gasteiger partial charge in [-0.2, -0.15) is 0 Å². The zero-order valence-electron chi connectivity index (χ0n) is 13.4. The molecule has 0 aliphatic carbocycles. The Morgan fingerprint density at radius 2 is 2.09 bits per heavy atom. The number of rotatable bonds is 8. The van der Waals surface area contributed by atoms with Gasteiger partial charge in [-0.3, -0.25) is 14.9 Å². The van der Waals surface area contributed by atoms with Gasteiger partial charge >= 0.3 is 5.97 Å². The lowest BCUT2D eigenvalue weighted by Crippen LogP contribution is -2.35. The fourth-order valence-electron chi connectivity index (χ4n) is 2.06. The highest BCUT2D eigenvalue weighted by Crippen LogP contribution is 2.22. The lowest BCUT2D eigenvalue weighted by atomic mass is 10.1. The number of anilines is 1. The summed E-state index contributed by atoms with van der Waals surface area (Å²) in [6.07, 6.45) is 1.76. The lowest BCUT2D eigenvalue weighted by molar-refractivity contribution is -0.384. The van der Waals surface area contributed by atoms with Crippen LogP contribution < -0.4 is 10.6 Å². The third kappa shape index (κ3) is 5.57. The topological polar surface area (TPSA) is 111 Å². The highest BCUT2D eigenvalue weighted by atomic mass is 16.6. The number of nitrogens with zero attached hydrogens (tertiary/aromatic N) is 1. The molecule has 0 aliphatic heterocycles. The predicted octanol–water partition coefficient (Wildman–Crippen LogP) is 2.10. The largest absolute Gasteiger partial charge is 0.452 e. The number of amides is 1.